The molecule has 0 amide bonds. The molecule has 96 valence electrons. The first-order chi connectivity index (χ1) is 8.61. The molecule has 0 unspecified atom stereocenters. The van der Waals surface area contributed by atoms with Gasteiger partial charge in [0, 0.05) is 40.1 Å². The van der Waals surface area contributed by atoms with Crippen LogP contribution in [0.3, 0.4) is 0 Å². The van der Waals surface area contributed by atoms with Crippen LogP contribution in [0.1, 0.15) is 0 Å². The molecule has 3 nitrogen and oxygen atoms in total. The first-order valence-corrected chi connectivity index (χ1v) is 5.92. The van der Waals surface area contributed by atoms with E-state index in [1.165, 1.54) is 5.69 Å². The number of pyridine rings is 1. The number of anilines is 2. The number of nitrogens with zero attached hydrogens (tertiary/aromatic N) is 3. The Bertz CT molecular complexity index is 381. The maximum absolute atomic E-state index is 4.10. The summed E-state index contributed by atoms with van der Waals surface area (Å²) in [6.07, 6.45) is 1.79. The number of aromatic nitrogens is 1. The molecule has 2 rings (SSSR count). The molecule has 18 heavy (non-hydrogen) atoms. The minimum atomic E-state index is 0.998. The molecule has 0 saturated heterocycles. The average Bonchev–Trinajstić information content (AvgIpc) is 2.41. The van der Waals surface area contributed by atoms with E-state index in [0.29, 0.717) is 0 Å². The number of benzene rings is 1. The van der Waals surface area contributed by atoms with Crippen LogP contribution in [0.4, 0.5) is 11.5 Å². The summed E-state index contributed by atoms with van der Waals surface area (Å²) in [6, 6.07) is 16.1. The molecule has 0 spiro atoms. The van der Waals surface area contributed by atoms with Gasteiger partial charge in [-0.2, -0.15) is 0 Å². The zero-order valence-electron chi connectivity index (χ0n) is 11.5. The van der Waals surface area contributed by atoms with E-state index >= 15 is 0 Å². The van der Waals surface area contributed by atoms with Crippen molar-refractivity contribution in [3.8, 4) is 0 Å². The Morgan fingerprint density at radius 2 is 1.33 bits per heavy atom. The van der Waals surface area contributed by atoms with Gasteiger partial charge in [-0.1, -0.05) is 24.3 Å². The Morgan fingerprint density at radius 1 is 0.722 bits per heavy atom. The van der Waals surface area contributed by atoms with Gasteiger partial charge in [-0.3, -0.25) is 0 Å². The van der Waals surface area contributed by atoms with Gasteiger partial charge >= 0.3 is 0 Å². The van der Waals surface area contributed by atoms with Gasteiger partial charge < -0.3 is 9.80 Å². The molecule has 0 aliphatic carbocycles. The van der Waals surface area contributed by atoms with E-state index < -0.39 is 0 Å². The number of rotatable bonds is 2. The zero-order chi connectivity index (χ0) is 13.4. The van der Waals surface area contributed by atoms with E-state index in [1.807, 2.05) is 69.5 Å². The molecule has 0 radical (unpaired) electrons. The topological polar surface area (TPSA) is 19.4 Å². The maximum atomic E-state index is 4.10. The molecule has 0 bridgehead atoms. The monoisotopic (exact) mass is 243 g/mol. The van der Waals surface area contributed by atoms with Gasteiger partial charge in [-0.25, -0.2) is 4.98 Å². The quantitative estimate of drug-likeness (QED) is 0.808. The Labute approximate surface area is 110 Å². The van der Waals surface area contributed by atoms with Gasteiger partial charge in [-0.05, 0) is 24.3 Å². The fraction of sp³-hybridized carbons (Fsp3) is 0.267. The normalized spacial score (nSPS) is 9.11. The van der Waals surface area contributed by atoms with Crippen molar-refractivity contribution >= 4 is 11.5 Å². The molecule has 1 heterocycles. The van der Waals surface area contributed by atoms with Crippen LogP contribution >= 0.6 is 0 Å². The lowest BCUT2D eigenvalue weighted by Crippen LogP contribution is -2.09. The molecule has 2 aromatic rings. The summed E-state index contributed by atoms with van der Waals surface area (Å²) in [4.78, 5) is 8.16. The smallest absolute Gasteiger partial charge is 0.127 e. The Balaban J connectivity index is 0.000000180. The lowest BCUT2D eigenvalue weighted by molar-refractivity contribution is 1.07. The van der Waals surface area contributed by atoms with Crippen LogP contribution in [0.5, 0.6) is 0 Å². The molecular formula is C15H21N3. The van der Waals surface area contributed by atoms with Crippen LogP contribution in [0.2, 0.25) is 0 Å². The highest BCUT2D eigenvalue weighted by Gasteiger charge is 1.89. The van der Waals surface area contributed by atoms with E-state index in [4.69, 9.17) is 0 Å². The number of para-hydroxylation sites is 1. The molecular weight excluding hydrogens is 222 g/mol. The molecule has 1 aromatic carbocycles. The van der Waals surface area contributed by atoms with Gasteiger partial charge in [0.15, 0.2) is 0 Å². The van der Waals surface area contributed by atoms with Crippen molar-refractivity contribution in [2.24, 2.45) is 0 Å². The van der Waals surface area contributed by atoms with Crippen molar-refractivity contribution in [3.63, 3.8) is 0 Å². The highest BCUT2D eigenvalue weighted by atomic mass is 15.1. The predicted octanol–water partition coefficient (Wildman–Crippen LogP) is 2.90. The minimum absolute atomic E-state index is 0.998. The lowest BCUT2D eigenvalue weighted by Gasteiger charge is -2.10. The third-order valence-corrected chi connectivity index (χ3v) is 2.38. The summed E-state index contributed by atoms with van der Waals surface area (Å²) in [6.45, 7) is 0. The van der Waals surface area contributed by atoms with Crippen LogP contribution in [-0.4, -0.2) is 33.2 Å². The van der Waals surface area contributed by atoms with Crippen molar-refractivity contribution in [1.29, 1.82) is 0 Å². The lowest BCUT2D eigenvalue weighted by atomic mass is 10.3. The molecule has 3 heteroatoms. The van der Waals surface area contributed by atoms with E-state index in [1.54, 1.807) is 6.20 Å². The third-order valence-electron chi connectivity index (χ3n) is 2.38. The Morgan fingerprint density at radius 3 is 1.67 bits per heavy atom. The molecule has 0 atom stereocenters. The summed E-state index contributed by atoms with van der Waals surface area (Å²) >= 11 is 0. The van der Waals surface area contributed by atoms with Gasteiger partial charge in [0.05, 0.1) is 0 Å². The highest BCUT2D eigenvalue weighted by molar-refractivity contribution is 5.43. The summed E-state index contributed by atoms with van der Waals surface area (Å²) in [5.74, 6) is 0.998. The van der Waals surface area contributed by atoms with Gasteiger partial charge in [0.25, 0.3) is 0 Å². The van der Waals surface area contributed by atoms with Crippen LogP contribution in [0.25, 0.3) is 0 Å². The fourth-order valence-corrected chi connectivity index (χ4v) is 1.34. The second-order valence-electron chi connectivity index (χ2n) is 4.31. The number of hydrogen-bond donors (Lipinski definition) is 0. The Hall–Kier alpha value is -2.03. The summed E-state index contributed by atoms with van der Waals surface area (Å²) in [5.41, 5.74) is 1.25. The standard InChI is InChI=1S/C8H11N.C7H10N2/c1-9(2)8-6-4-3-5-7-8;1-9(2)7-5-3-4-6-8-7/h3-7H,1-2H3;3-6H,1-2H3. The predicted molar refractivity (Wildman–Crippen MR) is 79.3 cm³/mol. The average molecular weight is 243 g/mol. The van der Waals surface area contributed by atoms with E-state index in [0.717, 1.165) is 5.82 Å². The minimum Gasteiger partial charge on any atom is -0.378 e. The van der Waals surface area contributed by atoms with Gasteiger partial charge in [-0.15, -0.1) is 0 Å². The first-order valence-electron chi connectivity index (χ1n) is 5.92. The van der Waals surface area contributed by atoms with E-state index in [-0.39, 0.29) is 0 Å². The van der Waals surface area contributed by atoms with Crippen LogP contribution in [0.15, 0.2) is 54.7 Å². The van der Waals surface area contributed by atoms with Crippen molar-refractivity contribution in [3.05, 3.63) is 54.7 Å². The Kier molecular flexibility index (Phi) is 5.71. The summed E-state index contributed by atoms with van der Waals surface area (Å²) < 4.78 is 0. The van der Waals surface area contributed by atoms with Crippen LogP contribution in [-0.2, 0) is 0 Å². The fourth-order valence-electron chi connectivity index (χ4n) is 1.34. The molecule has 0 aliphatic heterocycles. The summed E-state index contributed by atoms with van der Waals surface area (Å²) in [5, 5.41) is 0. The highest BCUT2D eigenvalue weighted by Crippen LogP contribution is 2.07. The largest absolute Gasteiger partial charge is 0.378 e. The van der Waals surface area contributed by atoms with E-state index in [2.05, 4.69) is 22.0 Å². The maximum Gasteiger partial charge on any atom is 0.127 e. The van der Waals surface area contributed by atoms with Gasteiger partial charge in [0.1, 0.15) is 5.82 Å². The van der Waals surface area contributed by atoms with Crippen molar-refractivity contribution in [2.45, 2.75) is 0 Å². The number of hydrogen-bond acceptors (Lipinski definition) is 3. The summed E-state index contributed by atoms with van der Waals surface area (Å²) in [7, 11) is 8.02. The molecule has 0 fully saturated rings. The van der Waals surface area contributed by atoms with E-state index in [9.17, 15) is 0 Å². The third kappa shape index (κ3) is 4.87. The van der Waals surface area contributed by atoms with Gasteiger partial charge in [0.2, 0.25) is 0 Å². The second-order valence-corrected chi connectivity index (χ2v) is 4.31. The molecule has 0 saturated carbocycles. The first kappa shape index (κ1) is 14.0. The van der Waals surface area contributed by atoms with Crippen molar-refractivity contribution < 1.29 is 0 Å². The second kappa shape index (κ2) is 7.33. The van der Waals surface area contributed by atoms with Crippen molar-refractivity contribution in [2.75, 3.05) is 38.0 Å². The molecule has 0 aliphatic rings. The molecule has 0 N–H and O–H groups in total. The zero-order valence-corrected chi connectivity index (χ0v) is 11.5. The SMILES string of the molecule is CN(C)c1ccccc1.CN(C)c1ccccn1. The molecule has 1 aromatic heterocycles. The van der Waals surface area contributed by atoms with Crippen LogP contribution in [0, 0.1) is 0 Å². The van der Waals surface area contributed by atoms with Crippen molar-refractivity contribution in [1.82, 2.24) is 4.98 Å². The van der Waals surface area contributed by atoms with Crippen LogP contribution < -0.4 is 9.80 Å².